The first-order valence-corrected chi connectivity index (χ1v) is 15.7. The predicted molar refractivity (Wildman–Crippen MR) is 189 cm³/mol. The number of nitrogens with zero attached hydrogens (tertiary/aromatic N) is 4. The van der Waals surface area contributed by atoms with Crippen LogP contribution in [0, 0.1) is 13.8 Å². The van der Waals surface area contributed by atoms with Gasteiger partial charge in [0, 0.05) is 66.1 Å². The summed E-state index contributed by atoms with van der Waals surface area (Å²) in [6.45, 7) is 8.17. The molecule has 46 heavy (non-hydrogen) atoms. The van der Waals surface area contributed by atoms with E-state index in [1.807, 2.05) is 73.7 Å². The molecular formula is C35H33Cl3N6O2. The zero-order valence-electron chi connectivity index (χ0n) is 26.2. The summed E-state index contributed by atoms with van der Waals surface area (Å²) in [6.07, 6.45) is 6.91. The molecule has 0 fully saturated rings. The van der Waals surface area contributed by atoms with E-state index in [0.29, 0.717) is 37.8 Å². The molecule has 0 aliphatic carbocycles. The van der Waals surface area contributed by atoms with Crippen LogP contribution in [-0.2, 0) is 14.1 Å². The molecule has 8 nitrogen and oxygen atoms in total. The average molecular weight is 676 g/mol. The molecule has 0 unspecified atom stereocenters. The summed E-state index contributed by atoms with van der Waals surface area (Å²) in [7, 11) is 3.81. The molecule has 0 saturated carbocycles. The lowest BCUT2D eigenvalue weighted by molar-refractivity contribution is 0.101. The van der Waals surface area contributed by atoms with Gasteiger partial charge in [-0.2, -0.15) is 0 Å². The molecule has 0 aliphatic rings. The number of carbonyl (C=O) groups is 2. The molecule has 0 spiro atoms. The van der Waals surface area contributed by atoms with Gasteiger partial charge >= 0.3 is 0 Å². The van der Waals surface area contributed by atoms with Crippen molar-refractivity contribution in [2.45, 2.75) is 33.6 Å². The molecule has 6 rings (SSSR count). The quantitative estimate of drug-likeness (QED) is 0.190. The van der Waals surface area contributed by atoms with E-state index in [1.54, 1.807) is 24.3 Å². The van der Waals surface area contributed by atoms with Crippen LogP contribution in [0.5, 0.6) is 0 Å². The van der Waals surface area contributed by atoms with Crippen LogP contribution >= 0.6 is 34.8 Å². The fourth-order valence-electron chi connectivity index (χ4n) is 5.22. The maximum Gasteiger partial charge on any atom is 0.258 e. The molecule has 0 radical (unpaired) electrons. The first-order chi connectivity index (χ1) is 21.8. The number of pyridine rings is 2. The largest absolute Gasteiger partial charge is 0.335 e. The minimum Gasteiger partial charge on any atom is -0.335 e. The van der Waals surface area contributed by atoms with Crippen LogP contribution in [0.25, 0.3) is 22.1 Å². The van der Waals surface area contributed by atoms with Gasteiger partial charge < -0.3 is 19.8 Å². The van der Waals surface area contributed by atoms with Gasteiger partial charge in [0.15, 0.2) is 0 Å². The third kappa shape index (κ3) is 6.75. The molecule has 0 aliphatic heterocycles. The molecule has 4 heterocycles. The van der Waals surface area contributed by atoms with Crippen LogP contribution < -0.4 is 10.6 Å². The van der Waals surface area contributed by atoms with E-state index in [9.17, 15) is 9.59 Å². The third-order valence-electron chi connectivity index (χ3n) is 7.65. The highest BCUT2D eigenvalue weighted by Crippen LogP contribution is 2.31. The Morgan fingerprint density at radius 3 is 1.46 bits per heavy atom. The smallest absolute Gasteiger partial charge is 0.258 e. The number of aryl methyl sites for hydroxylation is 4. The number of fused-ring (bicyclic) bond motifs is 2. The van der Waals surface area contributed by atoms with Crippen LogP contribution in [0.2, 0.25) is 15.1 Å². The molecule has 2 aromatic carbocycles. The highest BCUT2D eigenvalue weighted by atomic mass is 35.5. The summed E-state index contributed by atoms with van der Waals surface area (Å²) in [5, 5.41) is 8.76. The van der Waals surface area contributed by atoms with Crippen molar-refractivity contribution in [3.8, 4) is 0 Å². The number of benzene rings is 2. The molecule has 0 atom stereocenters. The van der Waals surface area contributed by atoms with E-state index in [0.717, 1.165) is 38.9 Å². The summed E-state index contributed by atoms with van der Waals surface area (Å²) >= 11 is 18.7. The molecule has 6 aromatic rings. The number of amides is 2. The number of hydrogen-bond acceptors (Lipinski definition) is 4. The summed E-state index contributed by atoms with van der Waals surface area (Å²) < 4.78 is 3.79. The molecule has 0 bridgehead atoms. The van der Waals surface area contributed by atoms with Crippen LogP contribution in [0.1, 0.15) is 57.2 Å². The Kier molecular flexibility index (Phi) is 9.72. The first kappa shape index (κ1) is 33.0. The lowest BCUT2D eigenvalue weighted by atomic mass is 10.0. The number of anilines is 2. The summed E-state index contributed by atoms with van der Waals surface area (Å²) in [4.78, 5) is 33.7. The van der Waals surface area contributed by atoms with Crippen molar-refractivity contribution >= 4 is 80.1 Å². The summed E-state index contributed by atoms with van der Waals surface area (Å²) in [6, 6.07) is 14.7. The van der Waals surface area contributed by atoms with Gasteiger partial charge in [0.2, 0.25) is 0 Å². The Bertz CT molecular complexity index is 2080. The number of carbonyl (C=O) groups excluding carboxylic acids is 2. The zero-order valence-corrected chi connectivity index (χ0v) is 28.5. The van der Waals surface area contributed by atoms with E-state index in [-0.39, 0.29) is 11.8 Å². The van der Waals surface area contributed by atoms with E-state index in [1.165, 1.54) is 18.0 Å². The van der Waals surface area contributed by atoms with Crippen molar-refractivity contribution in [2.75, 3.05) is 10.6 Å². The van der Waals surface area contributed by atoms with Gasteiger partial charge in [-0.1, -0.05) is 60.8 Å². The molecule has 0 saturated heterocycles. The monoisotopic (exact) mass is 674 g/mol. The van der Waals surface area contributed by atoms with Gasteiger partial charge in [-0.25, -0.2) is 9.97 Å². The number of aromatic nitrogens is 4. The standard InChI is InChI=1S/C19H20ClN3O.C16H13Cl2N3O/c1-11(2)13-5-7-14(8-6-13)22-19(24)15-9-21-18-16(17(15)20)12(3)10-23(18)4;1-9-8-21(2)15-13(9)14(18)12(7-19-15)16(22)20-11-5-3-10(17)4-6-11/h5-11H,1-4H3,(H,22,24);3-8H,1-2H3,(H,20,22). The van der Waals surface area contributed by atoms with Crippen molar-refractivity contribution in [1.29, 1.82) is 0 Å². The fourth-order valence-corrected chi connectivity index (χ4v) is 6.09. The van der Waals surface area contributed by atoms with Gasteiger partial charge in [0.05, 0.1) is 21.2 Å². The Hall–Kier alpha value is -4.37. The Morgan fingerprint density at radius 2 is 1.07 bits per heavy atom. The molecule has 2 amide bonds. The maximum atomic E-state index is 12.6. The molecule has 11 heteroatoms. The van der Waals surface area contributed by atoms with Gasteiger partial charge in [0.25, 0.3) is 11.8 Å². The molecule has 2 N–H and O–H groups in total. The second-order valence-electron chi connectivity index (χ2n) is 11.4. The second kappa shape index (κ2) is 13.5. The SMILES string of the molecule is Cc1cn(C)c2ncc(C(=O)Nc3ccc(C(C)C)cc3)c(Cl)c12.Cc1cn(C)c2ncc(C(=O)Nc3ccc(Cl)cc3)c(Cl)c12. The topological polar surface area (TPSA) is 93.8 Å². The van der Waals surface area contributed by atoms with Gasteiger partial charge in [-0.15, -0.1) is 0 Å². The highest BCUT2D eigenvalue weighted by molar-refractivity contribution is 6.39. The Labute approximate surface area is 282 Å². The second-order valence-corrected chi connectivity index (χ2v) is 12.6. The number of hydrogen-bond donors (Lipinski definition) is 2. The van der Waals surface area contributed by atoms with Crippen molar-refractivity contribution in [2.24, 2.45) is 14.1 Å². The third-order valence-corrected chi connectivity index (χ3v) is 8.69. The number of nitrogens with one attached hydrogen (secondary N) is 2. The van der Waals surface area contributed by atoms with Crippen LogP contribution in [0.4, 0.5) is 11.4 Å². The molecular weight excluding hydrogens is 643 g/mol. The minimum absolute atomic E-state index is 0.255. The summed E-state index contributed by atoms with van der Waals surface area (Å²) in [5.74, 6) is -0.100. The highest BCUT2D eigenvalue weighted by Gasteiger charge is 2.19. The van der Waals surface area contributed by atoms with E-state index in [2.05, 4.69) is 34.4 Å². The lowest BCUT2D eigenvalue weighted by Crippen LogP contribution is -2.13. The Morgan fingerprint density at radius 1 is 0.674 bits per heavy atom. The van der Waals surface area contributed by atoms with Gasteiger partial charge in [0.1, 0.15) is 11.3 Å². The van der Waals surface area contributed by atoms with Crippen LogP contribution in [-0.4, -0.2) is 30.9 Å². The predicted octanol–water partition coefficient (Wildman–Crippen LogP) is 9.35. The average Bonchev–Trinajstić information content (AvgIpc) is 3.48. The molecule has 236 valence electrons. The van der Waals surface area contributed by atoms with Crippen molar-refractivity contribution < 1.29 is 9.59 Å². The van der Waals surface area contributed by atoms with E-state index >= 15 is 0 Å². The number of rotatable bonds is 5. The summed E-state index contributed by atoms with van der Waals surface area (Å²) in [5.41, 5.74) is 6.86. The first-order valence-electron chi connectivity index (χ1n) is 14.5. The van der Waals surface area contributed by atoms with Crippen LogP contribution in [0.3, 0.4) is 0 Å². The van der Waals surface area contributed by atoms with Crippen molar-refractivity contribution in [1.82, 2.24) is 19.1 Å². The lowest BCUT2D eigenvalue weighted by Gasteiger charge is -2.10. The van der Waals surface area contributed by atoms with Crippen molar-refractivity contribution in [3.05, 3.63) is 116 Å². The number of halogens is 3. The van der Waals surface area contributed by atoms with E-state index < -0.39 is 0 Å². The minimum atomic E-state index is -0.301. The molecule has 4 aromatic heterocycles. The maximum absolute atomic E-state index is 12.6. The van der Waals surface area contributed by atoms with Gasteiger partial charge in [-0.05, 0) is 72.9 Å². The van der Waals surface area contributed by atoms with E-state index in [4.69, 9.17) is 34.8 Å². The van der Waals surface area contributed by atoms with Crippen LogP contribution in [0.15, 0.2) is 73.3 Å². The normalized spacial score (nSPS) is 11.1. The van der Waals surface area contributed by atoms with Gasteiger partial charge in [-0.3, -0.25) is 9.59 Å². The zero-order chi connectivity index (χ0) is 33.3. The fraction of sp³-hybridized carbons (Fsp3) is 0.200. The van der Waals surface area contributed by atoms with Crippen molar-refractivity contribution in [3.63, 3.8) is 0 Å². The Balaban J connectivity index is 0.000000182.